The van der Waals surface area contributed by atoms with Gasteiger partial charge in [0.05, 0.1) is 11.5 Å². The second kappa shape index (κ2) is 5.61. The Balaban J connectivity index is 1.88. The van der Waals surface area contributed by atoms with E-state index >= 15 is 0 Å². The Morgan fingerprint density at radius 2 is 2.09 bits per heavy atom. The summed E-state index contributed by atoms with van der Waals surface area (Å²) >= 11 is 0. The topological polar surface area (TPSA) is 40.5 Å². The van der Waals surface area contributed by atoms with E-state index in [1.165, 1.54) is 12.1 Å². The summed E-state index contributed by atoms with van der Waals surface area (Å²) < 4.78 is 27.3. The minimum Gasteiger partial charge on any atom is -0.391 e. The maximum atomic E-state index is 14.2. The molecule has 0 aromatic heterocycles. The van der Waals surface area contributed by atoms with E-state index in [2.05, 4.69) is 0 Å². The van der Waals surface area contributed by atoms with E-state index in [0.717, 1.165) is 18.9 Å². The number of likely N-dealkylation sites (tertiary alicyclic amines) is 1. The molecule has 3 nitrogen and oxygen atoms in total. The van der Waals surface area contributed by atoms with Crippen LogP contribution in [0.15, 0.2) is 18.2 Å². The molecule has 2 aliphatic rings. The Labute approximate surface area is 128 Å². The molecule has 3 rings (SSSR count). The minimum atomic E-state index is -0.877. The number of carbonyl (C=O) groups is 1. The van der Waals surface area contributed by atoms with Gasteiger partial charge in [-0.05, 0) is 31.2 Å². The van der Waals surface area contributed by atoms with Gasteiger partial charge in [-0.1, -0.05) is 19.4 Å². The van der Waals surface area contributed by atoms with Crippen LogP contribution in [0.25, 0.3) is 0 Å². The fourth-order valence-corrected chi connectivity index (χ4v) is 3.54. The number of hydrogen-bond acceptors (Lipinski definition) is 2. The van der Waals surface area contributed by atoms with E-state index in [1.54, 1.807) is 4.90 Å². The highest BCUT2D eigenvalue weighted by molar-refractivity contribution is 5.89. The Kier molecular flexibility index (Phi) is 3.93. The first kappa shape index (κ1) is 15.4. The maximum Gasteiger partial charge on any atom is 0.233 e. The average Bonchev–Trinajstić information content (AvgIpc) is 2.42. The van der Waals surface area contributed by atoms with Crippen LogP contribution in [-0.2, 0) is 10.2 Å². The number of halogens is 2. The summed E-state index contributed by atoms with van der Waals surface area (Å²) in [5.41, 5.74) is -0.587. The van der Waals surface area contributed by atoms with Crippen LogP contribution in [-0.4, -0.2) is 35.1 Å². The number of carbonyl (C=O) groups excluding carboxylic acids is 1. The van der Waals surface area contributed by atoms with Crippen LogP contribution < -0.4 is 0 Å². The highest BCUT2D eigenvalue weighted by atomic mass is 19.1. The van der Waals surface area contributed by atoms with Gasteiger partial charge < -0.3 is 10.0 Å². The number of rotatable bonds is 2. The van der Waals surface area contributed by atoms with Crippen molar-refractivity contribution >= 4 is 5.91 Å². The van der Waals surface area contributed by atoms with Crippen molar-refractivity contribution in [1.82, 2.24) is 4.90 Å². The normalized spacial score (nSPS) is 27.4. The number of aliphatic hydroxyl groups excluding tert-OH is 1. The lowest BCUT2D eigenvalue weighted by Gasteiger charge is -2.46. The van der Waals surface area contributed by atoms with E-state index in [1.807, 2.05) is 6.92 Å². The smallest absolute Gasteiger partial charge is 0.233 e. The van der Waals surface area contributed by atoms with Gasteiger partial charge in [0.15, 0.2) is 0 Å². The molecule has 2 atom stereocenters. The number of piperidine rings is 1. The van der Waals surface area contributed by atoms with Gasteiger partial charge in [-0.2, -0.15) is 0 Å². The Morgan fingerprint density at radius 3 is 2.64 bits per heavy atom. The standard InChI is InChI=1S/C17H21F2NO2/c1-11-5-8-20(10-15(11)21)16(22)17(6-2-7-17)13-4-3-12(18)9-14(13)19/h3-4,9,11,15,21H,2,5-8,10H2,1H3/t11-,15-/m0/s1. The highest BCUT2D eigenvalue weighted by Crippen LogP contribution is 2.46. The molecule has 1 N–H and O–H groups in total. The minimum absolute atomic E-state index is 0.129. The molecule has 1 amide bonds. The van der Waals surface area contributed by atoms with Gasteiger partial charge >= 0.3 is 0 Å². The molecule has 0 spiro atoms. The number of β-amino-alcohol motifs (C(OH)–C–C–N with tert-alkyl or cyclic N) is 1. The lowest BCUT2D eigenvalue weighted by atomic mass is 9.63. The van der Waals surface area contributed by atoms with Gasteiger partial charge in [0.2, 0.25) is 5.91 Å². The average molecular weight is 309 g/mol. The van der Waals surface area contributed by atoms with Crippen molar-refractivity contribution in [3.63, 3.8) is 0 Å². The molecule has 0 radical (unpaired) electrons. The van der Waals surface area contributed by atoms with Crippen LogP contribution in [0.1, 0.15) is 38.2 Å². The molecule has 0 unspecified atom stereocenters. The van der Waals surface area contributed by atoms with Crippen molar-refractivity contribution in [2.24, 2.45) is 5.92 Å². The van der Waals surface area contributed by atoms with Crippen molar-refractivity contribution in [1.29, 1.82) is 0 Å². The summed E-state index contributed by atoms with van der Waals surface area (Å²) in [6.07, 6.45) is 2.23. The zero-order chi connectivity index (χ0) is 15.9. The molecule has 22 heavy (non-hydrogen) atoms. The third-order valence-corrected chi connectivity index (χ3v) is 5.27. The van der Waals surface area contributed by atoms with Crippen molar-refractivity contribution in [2.75, 3.05) is 13.1 Å². The second-order valence-corrected chi connectivity index (χ2v) is 6.64. The van der Waals surface area contributed by atoms with Gasteiger partial charge in [-0.25, -0.2) is 8.78 Å². The van der Waals surface area contributed by atoms with Gasteiger partial charge in [-0.3, -0.25) is 4.79 Å². The molecule has 1 saturated heterocycles. The third kappa shape index (κ3) is 2.41. The van der Waals surface area contributed by atoms with Crippen LogP contribution in [0.2, 0.25) is 0 Å². The highest BCUT2D eigenvalue weighted by Gasteiger charge is 2.49. The fourth-order valence-electron chi connectivity index (χ4n) is 3.54. The van der Waals surface area contributed by atoms with Crippen molar-refractivity contribution in [3.8, 4) is 0 Å². The Morgan fingerprint density at radius 1 is 1.36 bits per heavy atom. The summed E-state index contributed by atoms with van der Waals surface area (Å²) in [7, 11) is 0. The fraction of sp³-hybridized carbons (Fsp3) is 0.588. The molecule has 1 aliphatic carbocycles. The first-order chi connectivity index (χ1) is 10.4. The SMILES string of the molecule is C[C@H]1CCN(C(=O)C2(c3ccc(F)cc3F)CCC2)C[C@@H]1O. The van der Waals surface area contributed by atoms with Crippen LogP contribution in [0.5, 0.6) is 0 Å². The first-order valence-electron chi connectivity index (χ1n) is 7.87. The zero-order valence-electron chi connectivity index (χ0n) is 12.7. The molecule has 0 bridgehead atoms. The second-order valence-electron chi connectivity index (χ2n) is 6.64. The summed E-state index contributed by atoms with van der Waals surface area (Å²) in [5.74, 6) is -1.25. The predicted octanol–water partition coefficient (Wildman–Crippen LogP) is 2.62. The third-order valence-electron chi connectivity index (χ3n) is 5.27. The molecule has 120 valence electrons. The lowest BCUT2D eigenvalue weighted by molar-refractivity contribution is -0.145. The van der Waals surface area contributed by atoms with Crippen LogP contribution >= 0.6 is 0 Å². The number of nitrogens with zero attached hydrogens (tertiary/aromatic N) is 1. The first-order valence-corrected chi connectivity index (χ1v) is 7.87. The monoisotopic (exact) mass is 309 g/mol. The summed E-state index contributed by atoms with van der Waals surface area (Å²) in [5, 5.41) is 10.00. The van der Waals surface area contributed by atoms with Gasteiger partial charge in [0.25, 0.3) is 0 Å². The molecule has 2 fully saturated rings. The van der Waals surface area contributed by atoms with E-state index in [-0.39, 0.29) is 11.8 Å². The number of amides is 1. The maximum absolute atomic E-state index is 14.2. The molecule has 1 aromatic carbocycles. The quantitative estimate of drug-likeness (QED) is 0.912. The van der Waals surface area contributed by atoms with Crippen molar-refractivity contribution < 1.29 is 18.7 Å². The molecular formula is C17H21F2NO2. The van der Waals surface area contributed by atoms with Crippen molar-refractivity contribution in [3.05, 3.63) is 35.4 Å². The summed E-state index contributed by atoms with van der Waals surface area (Å²) in [4.78, 5) is 14.6. The molecular weight excluding hydrogens is 288 g/mol. The molecule has 1 heterocycles. The van der Waals surface area contributed by atoms with Crippen molar-refractivity contribution in [2.45, 2.75) is 44.1 Å². The van der Waals surface area contributed by atoms with E-state index in [9.17, 15) is 18.7 Å². The molecule has 5 heteroatoms. The molecule has 1 aliphatic heterocycles. The lowest BCUT2D eigenvalue weighted by Crippen LogP contribution is -2.55. The van der Waals surface area contributed by atoms with E-state index < -0.39 is 23.2 Å². The predicted molar refractivity (Wildman–Crippen MR) is 78.3 cm³/mol. The Bertz CT molecular complexity index is 586. The van der Waals surface area contributed by atoms with Crippen LogP contribution in [0.3, 0.4) is 0 Å². The molecule has 1 aromatic rings. The largest absolute Gasteiger partial charge is 0.391 e. The number of aliphatic hydroxyl groups is 1. The van der Waals surface area contributed by atoms with Gasteiger partial charge in [0, 0.05) is 24.7 Å². The van der Waals surface area contributed by atoms with E-state index in [4.69, 9.17) is 0 Å². The van der Waals surface area contributed by atoms with Gasteiger partial charge in [-0.15, -0.1) is 0 Å². The van der Waals surface area contributed by atoms with Crippen LogP contribution in [0.4, 0.5) is 8.78 Å². The summed E-state index contributed by atoms with van der Waals surface area (Å²) in [6.45, 7) is 2.84. The number of benzene rings is 1. The number of hydrogen-bond donors (Lipinski definition) is 1. The van der Waals surface area contributed by atoms with Crippen LogP contribution in [0, 0.1) is 17.6 Å². The Hall–Kier alpha value is -1.49. The molecule has 1 saturated carbocycles. The zero-order valence-corrected chi connectivity index (χ0v) is 12.7. The summed E-state index contributed by atoms with van der Waals surface area (Å²) in [6, 6.07) is 3.44. The van der Waals surface area contributed by atoms with E-state index in [0.29, 0.717) is 31.5 Å². The van der Waals surface area contributed by atoms with Gasteiger partial charge in [0.1, 0.15) is 11.6 Å².